The minimum absolute atomic E-state index is 0.370. The molecule has 2 nitrogen and oxygen atoms in total. The Morgan fingerprint density at radius 2 is 0.857 bits per heavy atom. The van der Waals surface area contributed by atoms with Gasteiger partial charge in [-0.25, -0.2) is 17.6 Å². The highest BCUT2D eigenvalue weighted by atomic mass is 19.2. The summed E-state index contributed by atoms with van der Waals surface area (Å²) < 4.78 is 50.9. The predicted octanol–water partition coefficient (Wildman–Crippen LogP) is 1.87. The SMILES string of the molecule is O=Cc1c(F)c(F)c(C=O)c(F)c1F. The predicted molar refractivity (Wildman–Crippen MR) is 37.0 cm³/mol. The van der Waals surface area contributed by atoms with Gasteiger partial charge in [0, 0.05) is 0 Å². The summed E-state index contributed by atoms with van der Waals surface area (Å²) in [5.41, 5.74) is -2.74. The van der Waals surface area contributed by atoms with Crippen molar-refractivity contribution >= 4 is 12.6 Å². The molecule has 0 radical (unpaired) electrons. The van der Waals surface area contributed by atoms with E-state index >= 15 is 0 Å². The molecular weight excluding hydrogens is 204 g/mol. The molecule has 0 aliphatic rings. The fourth-order valence-corrected chi connectivity index (χ4v) is 0.873. The summed E-state index contributed by atoms with van der Waals surface area (Å²) in [6.07, 6.45) is -0.739. The average Bonchev–Trinajstić information content (AvgIpc) is 2.17. The molecule has 0 saturated heterocycles. The molecule has 0 heterocycles. The quantitative estimate of drug-likeness (QED) is 0.420. The van der Waals surface area contributed by atoms with Crippen LogP contribution < -0.4 is 0 Å². The topological polar surface area (TPSA) is 34.1 Å². The monoisotopic (exact) mass is 206 g/mol. The lowest BCUT2D eigenvalue weighted by atomic mass is 10.1. The number of aldehydes is 2. The van der Waals surface area contributed by atoms with Crippen molar-refractivity contribution in [1.82, 2.24) is 0 Å². The molecule has 0 aliphatic heterocycles. The van der Waals surface area contributed by atoms with Crippen molar-refractivity contribution in [3.8, 4) is 0 Å². The van der Waals surface area contributed by atoms with E-state index in [0.717, 1.165) is 0 Å². The van der Waals surface area contributed by atoms with Gasteiger partial charge in [-0.3, -0.25) is 9.59 Å². The Kier molecular flexibility index (Phi) is 2.64. The number of halogens is 4. The van der Waals surface area contributed by atoms with Crippen molar-refractivity contribution in [2.45, 2.75) is 0 Å². The number of hydrogen-bond donors (Lipinski definition) is 0. The fourth-order valence-electron chi connectivity index (χ4n) is 0.873. The maximum absolute atomic E-state index is 12.7. The van der Waals surface area contributed by atoms with Crippen LogP contribution in [0.25, 0.3) is 0 Å². The van der Waals surface area contributed by atoms with Gasteiger partial charge in [-0.15, -0.1) is 0 Å². The van der Waals surface area contributed by atoms with E-state index in [-0.39, 0.29) is 12.6 Å². The Bertz CT molecular complexity index is 346. The van der Waals surface area contributed by atoms with Crippen molar-refractivity contribution in [2.75, 3.05) is 0 Å². The molecule has 1 aromatic carbocycles. The molecule has 1 aromatic rings. The van der Waals surface area contributed by atoms with Crippen molar-refractivity contribution in [2.24, 2.45) is 0 Å². The number of benzene rings is 1. The van der Waals surface area contributed by atoms with Gasteiger partial charge in [0.05, 0.1) is 11.1 Å². The largest absolute Gasteiger partial charge is 0.298 e. The smallest absolute Gasteiger partial charge is 0.173 e. The lowest BCUT2D eigenvalue weighted by Gasteiger charge is -2.03. The lowest BCUT2D eigenvalue weighted by Crippen LogP contribution is -2.07. The molecule has 0 bridgehead atoms. The highest BCUT2D eigenvalue weighted by Gasteiger charge is 2.24. The number of rotatable bonds is 2. The zero-order valence-electron chi connectivity index (χ0n) is 6.48. The molecule has 0 atom stereocenters. The first-order valence-corrected chi connectivity index (χ1v) is 3.30. The Labute approximate surface area is 75.1 Å². The summed E-state index contributed by atoms with van der Waals surface area (Å²) in [5, 5.41) is 0. The van der Waals surface area contributed by atoms with Crippen molar-refractivity contribution in [1.29, 1.82) is 0 Å². The van der Waals surface area contributed by atoms with Crippen molar-refractivity contribution < 1.29 is 27.2 Å². The number of carbonyl (C=O) groups excluding carboxylic acids is 2. The first-order valence-electron chi connectivity index (χ1n) is 3.30. The van der Waals surface area contributed by atoms with Crippen LogP contribution in [0.2, 0.25) is 0 Å². The van der Waals surface area contributed by atoms with Crippen LogP contribution in [0, 0.1) is 23.3 Å². The fraction of sp³-hybridized carbons (Fsp3) is 0. The molecule has 6 heteroatoms. The molecule has 14 heavy (non-hydrogen) atoms. The van der Waals surface area contributed by atoms with Crippen LogP contribution in [0.5, 0.6) is 0 Å². The van der Waals surface area contributed by atoms with Crippen LogP contribution in [0.3, 0.4) is 0 Å². The summed E-state index contributed by atoms with van der Waals surface area (Å²) in [4.78, 5) is 20.1. The van der Waals surface area contributed by atoms with Gasteiger partial charge in [-0.2, -0.15) is 0 Å². The number of hydrogen-bond acceptors (Lipinski definition) is 2. The molecule has 0 saturated carbocycles. The van der Waals surface area contributed by atoms with E-state index in [9.17, 15) is 27.2 Å². The normalized spacial score (nSPS) is 10.0. The van der Waals surface area contributed by atoms with Crippen LogP contribution in [-0.4, -0.2) is 12.6 Å². The Balaban J connectivity index is 3.71. The van der Waals surface area contributed by atoms with E-state index in [0.29, 0.717) is 0 Å². The van der Waals surface area contributed by atoms with Gasteiger partial charge < -0.3 is 0 Å². The molecule has 74 valence electrons. The second-order valence-corrected chi connectivity index (χ2v) is 2.32. The molecule has 0 aromatic heterocycles. The Morgan fingerprint density at radius 1 is 0.643 bits per heavy atom. The zero-order valence-corrected chi connectivity index (χ0v) is 6.48. The maximum atomic E-state index is 12.7. The Morgan fingerprint density at radius 3 is 1.00 bits per heavy atom. The van der Waals surface area contributed by atoms with Gasteiger partial charge in [-0.05, 0) is 0 Å². The highest BCUT2D eigenvalue weighted by molar-refractivity contribution is 5.81. The van der Waals surface area contributed by atoms with Crippen LogP contribution in [-0.2, 0) is 0 Å². The summed E-state index contributed by atoms with van der Waals surface area (Å²) in [5.74, 6) is -7.50. The highest BCUT2D eigenvalue weighted by Crippen LogP contribution is 2.21. The summed E-state index contributed by atoms with van der Waals surface area (Å²) in [7, 11) is 0. The van der Waals surface area contributed by atoms with E-state index in [1.54, 1.807) is 0 Å². The first kappa shape index (κ1) is 10.4. The van der Waals surface area contributed by atoms with Gasteiger partial charge in [0.25, 0.3) is 0 Å². The van der Waals surface area contributed by atoms with Crippen molar-refractivity contribution in [3.05, 3.63) is 34.4 Å². The minimum Gasteiger partial charge on any atom is -0.298 e. The van der Waals surface area contributed by atoms with E-state index < -0.39 is 34.4 Å². The summed E-state index contributed by atoms with van der Waals surface area (Å²) >= 11 is 0. The molecule has 1 rings (SSSR count). The maximum Gasteiger partial charge on any atom is 0.173 e. The van der Waals surface area contributed by atoms with E-state index in [1.807, 2.05) is 0 Å². The number of carbonyl (C=O) groups is 2. The van der Waals surface area contributed by atoms with Crippen molar-refractivity contribution in [3.63, 3.8) is 0 Å². The van der Waals surface area contributed by atoms with E-state index in [1.165, 1.54) is 0 Å². The van der Waals surface area contributed by atoms with Gasteiger partial charge >= 0.3 is 0 Å². The molecule has 0 spiro atoms. The molecule has 0 amide bonds. The van der Waals surface area contributed by atoms with E-state index in [4.69, 9.17) is 0 Å². The zero-order chi connectivity index (χ0) is 10.9. The second-order valence-electron chi connectivity index (χ2n) is 2.32. The first-order chi connectivity index (χ1) is 6.54. The van der Waals surface area contributed by atoms with Gasteiger partial charge in [0.15, 0.2) is 35.8 Å². The third-order valence-corrected chi connectivity index (χ3v) is 1.57. The molecule has 0 aliphatic carbocycles. The summed E-state index contributed by atoms with van der Waals surface area (Å²) in [6.45, 7) is 0. The summed E-state index contributed by atoms with van der Waals surface area (Å²) in [6, 6.07) is 0. The second kappa shape index (κ2) is 3.57. The van der Waals surface area contributed by atoms with Crippen LogP contribution in [0.1, 0.15) is 20.7 Å². The Hall–Kier alpha value is -1.72. The minimum atomic E-state index is -1.87. The van der Waals surface area contributed by atoms with Crippen LogP contribution in [0.4, 0.5) is 17.6 Å². The molecule has 0 fully saturated rings. The van der Waals surface area contributed by atoms with Gasteiger partial charge in [0.1, 0.15) is 0 Å². The standard InChI is InChI=1S/C8H2F4O2/c9-5-3(1-13)6(10)8(12)4(2-14)7(5)11/h1-2H. The average molecular weight is 206 g/mol. The van der Waals surface area contributed by atoms with E-state index in [2.05, 4.69) is 0 Å². The lowest BCUT2D eigenvalue weighted by molar-refractivity contribution is 0.109. The van der Waals surface area contributed by atoms with Crippen LogP contribution in [0.15, 0.2) is 0 Å². The third-order valence-electron chi connectivity index (χ3n) is 1.57. The molecular formula is C8H2F4O2. The van der Waals surface area contributed by atoms with Gasteiger partial charge in [-0.1, -0.05) is 0 Å². The molecule has 0 N–H and O–H groups in total. The van der Waals surface area contributed by atoms with Crippen LogP contribution >= 0.6 is 0 Å². The third kappa shape index (κ3) is 1.28. The van der Waals surface area contributed by atoms with Gasteiger partial charge in [0.2, 0.25) is 0 Å². The molecule has 0 unspecified atom stereocenters.